The highest BCUT2D eigenvalue weighted by atomic mass is 14.8. The van der Waals surface area contributed by atoms with Crippen molar-refractivity contribution in [3.8, 4) is 17.2 Å². The number of nitrogens with one attached hydrogen (secondary N) is 1. The fourth-order valence-corrected chi connectivity index (χ4v) is 2.05. The molecule has 2 aromatic rings. The number of nitriles is 1. The first kappa shape index (κ1) is 12.3. The average molecular weight is 236 g/mol. The van der Waals surface area contributed by atoms with Gasteiger partial charge in [-0.15, -0.1) is 0 Å². The van der Waals surface area contributed by atoms with Crippen LogP contribution in [0.5, 0.6) is 0 Å². The molecule has 18 heavy (non-hydrogen) atoms. The third kappa shape index (κ3) is 2.58. The molecule has 0 aliphatic carbocycles. The highest BCUT2D eigenvalue weighted by Crippen LogP contribution is 2.25. The molecule has 0 atom stereocenters. The molecule has 0 bridgehead atoms. The second-order valence-corrected chi connectivity index (χ2v) is 4.37. The number of hydrogen-bond donors (Lipinski definition) is 1. The Labute approximate surface area is 108 Å². The SMILES string of the molecule is CNCc1ccc(C)c(-c2cccc(C#N)c2)c1. The number of hydrogen-bond acceptors (Lipinski definition) is 2. The van der Waals surface area contributed by atoms with E-state index in [1.165, 1.54) is 16.7 Å². The Morgan fingerprint density at radius 3 is 2.72 bits per heavy atom. The molecule has 0 spiro atoms. The highest BCUT2D eigenvalue weighted by molar-refractivity contribution is 5.69. The molecular weight excluding hydrogens is 220 g/mol. The lowest BCUT2D eigenvalue weighted by atomic mass is 9.97. The van der Waals surface area contributed by atoms with Crippen LogP contribution in [0, 0.1) is 18.3 Å². The van der Waals surface area contributed by atoms with Gasteiger partial charge in [-0.2, -0.15) is 5.26 Å². The van der Waals surface area contributed by atoms with E-state index in [1.807, 2.05) is 31.3 Å². The first-order chi connectivity index (χ1) is 8.74. The lowest BCUT2D eigenvalue weighted by Crippen LogP contribution is -2.05. The topological polar surface area (TPSA) is 35.8 Å². The minimum absolute atomic E-state index is 0.700. The Hall–Kier alpha value is -2.11. The summed E-state index contributed by atoms with van der Waals surface area (Å²) in [6.45, 7) is 2.95. The molecule has 0 saturated heterocycles. The number of benzene rings is 2. The summed E-state index contributed by atoms with van der Waals surface area (Å²) in [6, 6.07) is 16.4. The second kappa shape index (κ2) is 5.48. The summed E-state index contributed by atoms with van der Waals surface area (Å²) in [5, 5.41) is 12.1. The Morgan fingerprint density at radius 2 is 2.00 bits per heavy atom. The molecule has 2 heteroatoms. The zero-order valence-corrected chi connectivity index (χ0v) is 10.7. The molecular formula is C16H16N2. The first-order valence-corrected chi connectivity index (χ1v) is 5.99. The molecule has 2 rings (SSSR count). The molecule has 1 N–H and O–H groups in total. The summed E-state index contributed by atoms with van der Waals surface area (Å²) in [7, 11) is 1.94. The van der Waals surface area contributed by atoms with Crippen molar-refractivity contribution in [3.05, 3.63) is 59.2 Å². The molecule has 0 aromatic heterocycles. The van der Waals surface area contributed by atoms with Gasteiger partial charge in [-0.25, -0.2) is 0 Å². The van der Waals surface area contributed by atoms with Gasteiger partial charge in [0.25, 0.3) is 0 Å². The van der Waals surface area contributed by atoms with Crippen molar-refractivity contribution in [2.45, 2.75) is 13.5 Å². The largest absolute Gasteiger partial charge is 0.316 e. The van der Waals surface area contributed by atoms with Gasteiger partial charge in [-0.3, -0.25) is 0 Å². The maximum atomic E-state index is 8.96. The quantitative estimate of drug-likeness (QED) is 0.888. The molecule has 0 aliphatic rings. The van der Waals surface area contributed by atoms with Gasteiger partial charge < -0.3 is 5.32 Å². The molecule has 90 valence electrons. The van der Waals surface area contributed by atoms with Gasteiger partial charge in [0.05, 0.1) is 11.6 Å². The van der Waals surface area contributed by atoms with Crippen LogP contribution in [0.25, 0.3) is 11.1 Å². The van der Waals surface area contributed by atoms with Gasteiger partial charge >= 0.3 is 0 Å². The molecule has 0 radical (unpaired) electrons. The van der Waals surface area contributed by atoms with Crippen molar-refractivity contribution >= 4 is 0 Å². The van der Waals surface area contributed by atoms with E-state index in [-0.39, 0.29) is 0 Å². The van der Waals surface area contributed by atoms with Crippen LogP contribution < -0.4 is 5.32 Å². The van der Waals surface area contributed by atoms with E-state index in [1.54, 1.807) is 0 Å². The van der Waals surface area contributed by atoms with Crippen LogP contribution in [0.1, 0.15) is 16.7 Å². The molecule has 2 nitrogen and oxygen atoms in total. The third-order valence-corrected chi connectivity index (χ3v) is 2.99. The van der Waals surface area contributed by atoms with Gasteiger partial charge in [0.2, 0.25) is 0 Å². The fraction of sp³-hybridized carbons (Fsp3) is 0.188. The van der Waals surface area contributed by atoms with E-state index in [0.29, 0.717) is 5.56 Å². The van der Waals surface area contributed by atoms with Crippen molar-refractivity contribution in [1.82, 2.24) is 5.32 Å². The second-order valence-electron chi connectivity index (χ2n) is 4.37. The van der Waals surface area contributed by atoms with Crippen LogP contribution in [0.2, 0.25) is 0 Å². The third-order valence-electron chi connectivity index (χ3n) is 2.99. The van der Waals surface area contributed by atoms with E-state index in [2.05, 4.69) is 36.5 Å². The highest BCUT2D eigenvalue weighted by Gasteiger charge is 2.04. The van der Waals surface area contributed by atoms with Crippen molar-refractivity contribution in [3.63, 3.8) is 0 Å². The standard InChI is InChI=1S/C16H16N2/c1-12-6-7-14(11-18-2)9-16(12)15-5-3-4-13(8-15)10-17/h3-9,18H,11H2,1-2H3. The predicted molar refractivity (Wildman–Crippen MR) is 74.1 cm³/mol. The summed E-state index contributed by atoms with van der Waals surface area (Å²) in [5.41, 5.74) is 5.47. The van der Waals surface area contributed by atoms with Gasteiger partial charge in [0.1, 0.15) is 0 Å². The van der Waals surface area contributed by atoms with Crippen molar-refractivity contribution < 1.29 is 0 Å². The van der Waals surface area contributed by atoms with Crippen LogP contribution in [-0.2, 0) is 6.54 Å². The normalized spacial score (nSPS) is 10.1. The molecule has 0 fully saturated rings. The van der Waals surface area contributed by atoms with Crippen LogP contribution in [0.4, 0.5) is 0 Å². The van der Waals surface area contributed by atoms with Crippen molar-refractivity contribution in [2.24, 2.45) is 0 Å². The maximum absolute atomic E-state index is 8.96. The average Bonchev–Trinajstić information content (AvgIpc) is 2.41. The lowest BCUT2D eigenvalue weighted by molar-refractivity contribution is 0.818. The molecule has 2 aromatic carbocycles. The molecule has 0 saturated carbocycles. The zero-order valence-electron chi connectivity index (χ0n) is 10.7. The molecule has 0 unspecified atom stereocenters. The minimum Gasteiger partial charge on any atom is -0.316 e. The first-order valence-electron chi connectivity index (χ1n) is 5.99. The van der Waals surface area contributed by atoms with Gasteiger partial charge in [0.15, 0.2) is 0 Å². The Morgan fingerprint density at radius 1 is 1.17 bits per heavy atom. The summed E-state index contributed by atoms with van der Waals surface area (Å²) in [6.07, 6.45) is 0. The Bertz CT molecular complexity index is 594. The zero-order chi connectivity index (χ0) is 13.0. The van der Waals surface area contributed by atoms with Gasteiger partial charge in [-0.05, 0) is 54.4 Å². The van der Waals surface area contributed by atoms with Crippen molar-refractivity contribution in [1.29, 1.82) is 5.26 Å². The summed E-state index contributed by atoms with van der Waals surface area (Å²) >= 11 is 0. The number of nitrogens with zero attached hydrogens (tertiary/aromatic N) is 1. The summed E-state index contributed by atoms with van der Waals surface area (Å²) in [5.74, 6) is 0. The van der Waals surface area contributed by atoms with Gasteiger partial charge in [-0.1, -0.05) is 24.3 Å². The Kier molecular flexibility index (Phi) is 3.76. The van der Waals surface area contributed by atoms with Crippen molar-refractivity contribution in [2.75, 3.05) is 7.05 Å². The van der Waals surface area contributed by atoms with Crippen LogP contribution >= 0.6 is 0 Å². The lowest BCUT2D eigenvalue weighted by Gasteiger charge is -2.09. The van der Waals surface area contributed by atoms with Crippen LogP contribution in [0.15, 0.2) is 42.5 Å². The maximum Gasteiger partial charge on any atom is 0.0991 e. The Balaban J connectivity index is 2.48. The van der Waals surface area contributed by atoms with E-state index in [4.69, 9.17) is 5.26 Å². The van der Waals surface area contributed by atoms with Crippen LogP contribution in [-0.4, -0.2) is 7.05 Å². The summed E-state index contributed by atoms with van der Waals surface area (Å²) in [4.78, 5) is 0. The number of aryl methyl sites for hydroxylation is 1. The van der Waals surface area contributed by atoms with E-state index in [0.717, 1.165) is 12.1 Å². The molecule has 0 amide bonds. The molecule has 0 aliphatic heterocycles. The smallest absolute Gasteiger partial charge is 0.0991 e. The van der Waals surface area contributed by atoms with E-state index in [9.17, 15) is 0 Å². The minimum atomic E-state index is 0.700. The number of rotatable bonds is 3. The van der Waals surface area contributed by atoms with E-state index < -0.39 is 0 Å². The fourth-order valence-electron chi connectivity index (χ4n) is 2.05. The van der Waals surface area contributed by atoms with Crippen LogP contribution in [0.3, 0.4) is 0 Å². The van der Waals surface area contributed by atoms with Gasteiger partial charge in [0, 0.05) is 6.54 Å². The molecule has 0 heterocycles. The predicted octanol–water partition coefficient (Wildman–Crippen LogP) is 3.25. The van der Waals surface area contributed by atoms with E-state index >= 15 is 0 Å². The summed E-state index contributed by atoms with van der Waals surface area (Å²) < 4.78 is 0. The monoisotopic (exact) mass is 236 g/mol.